The van der Waals surface area contributed by atoms with Gasteiger partial charge in [-0.3, -0.25) is 0 Å². The van der Waals surface area contributed by atoms with Gasteiger partial charge in [0.25, 0.3) is 0 Å². The van der Waals surface area contributed by atoms with Gasteiger partial charge < -0.3 is 9.84 Å². The van der Waals surface area contributed by atoms with Crippen molar-refractivity contribution in [1.82, 2.24) is 0 Å². The third-order valence-electron chi connectivity index (χ3n) is 4.67. The maximum absolute atomic E-state index is 14.2. The van der Waals surface area contributed by atoms with Crippen molar-refractivity contribution in [3.63, 3.8) is 0 Å². The van der Waals surface area contributed by atoms with Crippen molar-refractivity contribution in [2.75, 3.05) is 7.11 Å². The van der Waals surface area contributed by atoms with Crippen LogP contribution in [0.1, 0.15) is 31.4 Å². The first-order valence-corrected chi connectivity index (χ1v) is 8.74. The van der Waals surface area contributed by atoms with Crippen molar-refractivity contribution in [2.24, 2.45) is 0 Å². The minimum absolute atomic E-state index is 0.157. The Morgan fingerprint density at radius 3 is 2.29 bits per heavy atom. The average Bonchev–Trinajstić information content (AvgIpc) is 2.57. The number of benzene rings is 2. The third kappa shape index (κ3) is 4.58. The van der Waals surface area contributed by atoms with Crippen LogP contribution in [-0.4, -0.2) is 24.0 Å². The van der Waals surface area contributed by atoms with Gasteiger partial charge in [0.05, 0.1) is 12.1 Å². The number of methoxy groups -OCH3 is 1. The minimum atomic E-state index is -5.07. The molecule has 2 aromatic carbocycles. The molecule has 2 nitrogen and oxygen atoms in total. The van der Waals surface area contributed by atoms with Crippen LogP contribution in [0.4, 0.5) is 22.0 Å². The predicted molar refractivity (Wildman–Crippen MR) is 96.7 cm³/mol. The Morgan fingerprint density at radius 2 is 1.71 bits per heavy atom. The molecule has 0 heterocycles. The van der Waals surface area contributed by atoms with Crippen LogP contribution in [0, 0.1) is 11.6 Å². The topological polar surface area (TPSA) is 29.5 Å². The second-order valence-corrected chi connectivity index (χ2v) is 7.73. The van der Waals surface area contributed by atoms with Gasteiger partial charge in [-0.05, 0) is 41.7 Å². The highest BCUT2D eigenvalue weighted by Crippen LogP contribution is 2.45. The highest BCUT2D eigenvalue weighted by molar-refractivity contribution is 6.30. The number of halogens is 6. The number of rotatable bonds is 6. The summed E-state index contributed by atoms with van der Waals surface area (Å²) in [6.07, 6.45) is -6.96. The van der Waals surface area contributed by atoms with Gasteiger partial charge in [-0.15, -0.1) is 0 Å². The molecule has 0 saturated carbocycles. The molecule has 1 atom stereocenters. The molecule has 0 spiro atoms. The maximum Gasteiger partial charge on any atom is 0.417 e. The maximum atomic E-state index is 14.2. The van der Waals surface area contributed by atoms with Gasteiger partial charge in [0, 0.05) is 12.0 Å². The van der Waals surface area contributed by atoms with Crippen molar-refractivity contribution >= 4 is 11.6 Å². The summed E-state index contributed by atoms with van der Waals surface area (Å²) in [4.78, 5) is 0. The molecule has 0 aliphatic heterocycles. The summed E-state index contributed by atoms with van der Waals surface area (Å²) in [5.41, 5.74) is -4.84. The van der Waals surface area contributed by atoms with E-state index in [0.717, 1.165) is 18.2 Å². The molecule has 0 fully saturated rings. The van der Waals surface area contributed by atoms with Crippen LogP contribution in [0.25, 0.3) is 0 Å². The Bertz CT molecular complexity index is 851. The van der Waals surface area contributed by atoms with Crippen LogP contribution in [0.2, 0.25) is 5.02 Å². The molecule has 0 aliphatic rings. The van der Waals surface area contributed by atoms with E-state index in [4.69, 9.17) is 16.3 Å². The second-order valence-electron chi connectivity index (χ2n) is 7.32. The summed E-state index contributed by atoms with van der Waals surface area (Å²) in [6, 6.07) is 7.13. The van der Waals surface area contributed by atoms with E-state index in [2.05, 4.69) is 0 Å². The summed E-state index contributed by atoms with van der Waals surface area (Å²) in [7, 11) is 1.31. The zero-order valence-corrected chi connectivity index (χ0v) is 16.3. The first-order chi connectivity index (χ1) is 12.8. The Morgan fingerprint density at radius 1 is 1.07 bits per heavy atom. The molecule has 2 rings (SSSR count). The molecule has 0 aromatic heterocycles. The standard InChI is InChI=1S/C20H20ClF5O2/c1-18(2,14-9-13(22)7-8-16(14)28-3)11-19(27,20(24,25)26)10-12-5-4-6-15(21)17(12)23/h4-9,27H,10-11H2,1-3H3. The lowest BCUT2D eigenvalue weighted by atomic mass is 9.72. The van der Waals surface area contributed by atoms with E-state index in [9.17, 15) is 27.1 Å². The molecule has 1 N–H and O–H groups in total. The van der Waals surface area contributed by atoms with E-state index in [0.29, 0.717) is 0 Å². The molecule has 8 heteroatoms. The van der Waals surface area contributed by atoms with Crippen molar-refractivity contribution in [3.05, 3.63) is 64.2 Å². The summed E-state index contributed by atoms with van der Waals surface area (Å²) in [5, 5.41) is 10.2. The van der Waals surface area contributed by atoms with Crippen LogP contribution in [0.3, 0.4) is 0 Å². The van der Waals surface area contributed by atoms with Crippen molar-refractivity contribution in [1.29, 1.82) is 0 Å². The normalized spacial score (nSPS) is 14.6. The fourth-order valence-electron chi connectivity index (χ4n) is 3.30. The number of hydrogen-bond donors (Lipinski definition) is 1. The summed E-state index contributed by atoms with van der Waals surface area (Å²) in [6.45, 7) is 2.85. The first-order valence-electron chi connectivity index (χ1n) is 8.37. The second kappa shape index (κ2) is 7.87. The summed E-state index contributed by atoms with van der Waals surface area (Å²) in [5.74, 6) is -1.49. The number of aliphatic hydroxyl groups is 1. The van der Waals surface area contributed by atoms with Gasteiger partial charge in [-0.2, -0.15) is 13.2 Å². The fraction of sp³-hybridized carbons (Fsp3) is 0.400. The van der Waals surface area contributed by atoms with Crippen molar-refractivity contribution in [2.45, 2.75) is 43.9 Å². The molecule has 0 aliphatic carbocycles. The zero-order valence-electron chi connectivity index (χ0n) is 15.5. The van der Waals surface area contributed by atoms with Gasteiger partial charge in [-0.25, -0.2) is 8.78 Å². The van der Waals surface area contributed by atoms with E-state index in [1.807, 2.05) is 0 Å². The predicted octanol–water partition coefficient (Wildman–Crippen LogP) is 5.83. The van der Waals surface area contributed by atoms with E-state index in [1.54, 1.807) is 0 Å². The lowest BCUT2D eigenvalue weighted by Crippen LogP contribution is -2.51. The largest absolute Gasteiger partial charge is 0.496 e. The van der Waals surface area contributed by atoms with Crippen LogP contribution in [0.5, 0.6) is 5.75 Å². The molecule has 0 radical (unpaired) electrons. The van der Waals surface area contributed by atoms with Crippen LogP contribution in [0.15, 0.2) is 36.4 Å². The van der Waals surface area contributed by atoms with E-state index < -0.39 is 41.7 Å². The first kappa shape index (κ1) is 22.4. The molecule has 28 heavy (non-hydrogen) atoms. The van der Waals surface area contributed by atoms with Crippen LogP contribution >= 0.6 is 11.6 Å². The SMILES string of the molecule is COc1ccc(F)cc1C(C)(C)CC(O)(Cc1cccc(Cl)c1F)C(F)(F)F. The summed E-state index contributed by atoms with van der Waals surface area (Å²) >= 11 is 5.65. The molecular formula is C20H20ClF5O2. The molecule has 154 valence electrons. The monoisotopic (exact) mass is 422 g/mol. The Balaban J connectivity index is 2.49. The molecule has 0 saturated heterocycles. The molecular weight excluding hydrogens is 403 g/mol. The molecule has 2 aromatic rings. The number of ether oxygens (including phenoxy) is 1. The van der Waals surface area contributed by atoms with Gasteiger partial charge in [0.1, 0.15) is 17.4 Å². The van der Waals surface area contributed by atoms with Crippen molar-refractivity contribution in [3.8, 4) is 5.75 Å². The Labute approximate surface area is 164 Å². The number of alkyl halides is 3. The van der Waals surface area contributed by atoms with Crippen LogP contribution < -0.4 is 4.74 Å². The average molecular weight is 423 g/mol. The quantitative estimate of drug-likeness (QED) is 0.593. The smallest absolute Gasteiger partial charge is 0.417 e. The van der Waals surface area contributed by atoms with Crippen molar-refractivity contribution < 1.29 is 31.8 Å². The van der Waals surface area contributed by atoms with Gasteiger partial charge in [-0.1, -0.05) is 37.6 Å². The molecule has 0 bridgehead atoms. The molecule has 1 unspecified atom stereocenters. The minimum Gasteiger partial charge on any atom is -0.496 e. The van der Waals surface area contributed by atoms with E-state index >= 15 is 0 Å². The third-order valence-corrected chi connectivity index (χ3v) is 4.96. The zero-order chi connectivity index (χ0) is 21.3. The summed E-state index contributed by atoms with van der Waals surface area (Å²) < 4.78 is 74.5. The van der Waals surface area contributed by atoms with Gasteiger partial charge in [0.2, 0.25) is 0 Å². The molecule has 0 amide bonds. The lowest BCUT2D eigenvalue weighted by Gasteiger charge is -2.38. The van der Waals surface area contributed by atoms with Gasteiger partial charge in [0.15, 0.2) is 5.60 Å². The van der Waals surface area contributed by atoms with Gasteiger partial charge >= 0.3 is 6.18 Å². The Hall–Kier alpha value is -1.86. The number of hydrogen-bond acceptors (Lipinski definition) is 2. The Kier molecular flexibility index (Phi) is 6.31. The lowest BCUT2D eigenvalue weighted by molar-refractivity contribution is -0.266. The van der Waals surface area contributed by atoms with E-state index in [1.165, 1.54) is 39.2 Å². The highest BCUT2D eigenvalue weighted by Gasteiger charge is 2.56. The fourth-order valence-corrected chi connectivity index (χ4v) is 3.49. The van der Waals surface area contributed by atoms with E-state index in [-0.39, 0.29) is 21.9 Å². The van der Waals surface area contributed by atoms with Crippen LogP contribution in [-0.2, 0) is 11.8 Å². The highest BCUT2D eigenvalue weighted by atomic mass is 35.5.